The first-order chi connectivity index (χ1) is 8.29. The van der Waals surface area contributed by atoms with Gasteiger partial charge in [0.1, 0.15) is 0 Å². The van der Waals surface area contributed by atoms with Gasteiger partial charge < -0.3 is 9.88 Å². The number of rotatable bonds is 6. The summed E-state index contributed by atoms with van der Waals surface area (Å²) in [6.45, 7) is 4.92. The van der Waals surface area contributed by atoms with Crippen LogP contribution in [0.25, 0.3) is 0 Å². The molecule has 0 aliphatic rings. The lowest BCUT2D eigenvalue weighted by Crippen LogP contribution is -2.14. The molecule has 2 aromatic heterocycles. The molecule has 0 atom stereocenters. The number of aromatic nitrogens is 3. The highest BCUT2D eigenvalue weighted by molar-refractivity contribution is 5.07. The van der Waals surface area contributed by atoms with E-state index in [1.807, 2.05) is 10.9 Å². The zero-order valence-electron chi connectivity index (χ0n) is 10.6. The first-order valence-corrected chi connectivity index (χ1v) is 6.12. The molecule has 4 nitrogen and oxygen atoms in total. The topological polar surface area (TPSA) is 34.8 Å². The molecule has 0 aromatic carbocycles. The van der Waals surface area contributed by atoms with E-state index < -0.39 is 0 Å². The van der Waals surface area contributed by atoms with Gasteiger partial charge in [0.15, 0.2) is 0 Å². The summed E-state index contributed by atoms with van der Waals surface area (Å²) in [5.74, 6) is 0. The van der Waals surface area contributed by atoms with Gasteiger partial charge in [0, 0.05) is 50.3 Å². The lowest BCUT2D eigenvalue weighted by molar-refractivity contribution is 0.600. The summed E-state index contributed by atoms with van der Waals surface area (Å²) < 4.78 is 4.13. The van der Waals surface area contributed by atoms with Crippen molar-refractivity contribution >= 4 is 0 Å². The molecule has 2 aromatic rings. The Morgan fingerprint density at radius 3 is 2.94 bits per heavy atom. The molecule has 92 valence electrons. The van der Waals surface area contributed by atoms with E-state index in [1.165, 1.54) is 11.3 Å². The predicted molar refractivity (Wildman–Crippen MR) is 68.5 cm³/mol. The fourth-order valence-electron chi connectivity index (χ4n) is 1.86. The number of nitrogens with one attached hydrogen (secondary N) is 1. The minimum Gasteiger partial charge on any atom is -0.353 e. The van der Waals surface area contributed by atoms with Crippen LogP contribution in [0.15, 0.2) is 30.7 Å². The van der Waals surface area contributed by atoms with Crippen LogP contribution in [0.4, 0.5) is 0 Å². The van der Waals surface area contributed by atoms with Gasteiger partial charge in [0.2, 0.25) is 0 Å². The van der Waals surface area contributed by atoms with Crippen LogP contribution in [0, 0.1) is 0 Å². The van der Waals surface area contributed by atoms with Crippen LogP contribution >= 0.6 is 0 Å². The minimum absolute atomic E-state index is 0.870. The second-order valence-electron chi connectivity index (χ2n) is 4.33. The van der Waals surface area contributed by atoms with Crippen molar-refractivity contribution in [2.24, 2.45) is 7.05 Å². The molecule has 0 spiro atoms. The summed E-state index contributed by atoms with van der Waals surface area (Å²) in [5, 5.41) is 7.74. The molecule has 4 heteroatoms. The third-order valence-corrected chi connectivity index (χ3v) is 2.83. The van der Waals surface area contributed by atoms with E-state index >= 15 is 0 Å². The third-order valence-electron chi connectivity index (χ3n) is 2.83. The van der Waals surface area contributed by atoms with Crippen molar-refractivity contribution in [2.45, 2.75) is 33.0 Å². The number of hydrogen-bond donors (Lipinski definition) is 1. The molecular weight excluding hydrogens is 212 g/mol. The largest absolute Gasteiger partial charge is 0.353 e. The van der Waals surface area contributed by atoms with E-state index in [9.17, 15) is 0 Å². The van der Waals surface area contributed by atoms with E-state index in [-0.39, 0.29) is 0 Å². The number of aryl methyl sites for hydroxylation is 2. The van der Waals surface area contributed by atoms with Crippen LogP contribution in [0.3, 0.4) is 0 Å². The zero-order chi connectivity index (χ0) is 12.1. The maximum atomic E-state index is 4.31. The van der Waals surface area contributed by atoms with Crippen molar-refractivity contribution in [1.29, 1.82) is 0 Å². The minimum atomic E-state index is 0.870. The standard InChI is InChI=1S/C13H20N4/c1-3-6-17-11-12(9-15-17)8-14-10-13-5-4-7-16(13)2/h4-5,7,9,11,14H,3,6,8,10H2,1-2H3. The third kappa shape index (κ3) is 3.20. The van der Waals surface area contributed by atoms with Gasteiger partial charge in [-0.3, -0.25) is 4.68 Å². The molecular formula is C13H20N4. The highest BCUT2D eigenvalue weighted by Crippen LogP contribution is 2.01. The zero-order valence-corrected chi connectivity index (χ0v) is 10.6. The summed E-state index contributed by atoms with van der Waals surface area (Å²) >= 11 is 0. The van der Waals surface area contributed by atoms with Gasteiger partial charge in [-0.15, -0.1) is 0 Å². The normalized spacial score (nSPS) is 10.9. The molecule has 0 bridgehead atoms. The molecule has 1 N–H and O–H groups in total. The monoisotopic (exact) mass is 232 g/mol. The molecule has 0 saturated carbocycles. The number of hydrogen-bond acceptors (Lipinski definition) is 2. The van der Waals surface area contributed by atoms with Gasteiger partial charge in [-0.2, -0.15) is 5.10 Å². The Labute approximate surface area is 102 Å². The van der Waals surface area contributed by atoms with Gasteiger partial charge in [-0.05, 0) is 18.6 Å². The summed E-state index contributed by atoms with van der Waals surface area (Å²) in [6, 6.07) is 4.20. The van der Waals surface area contributed by atoms with Crippen molar-refractivity contribution in [3.05, 3.63) is 42.0 Å². The average molecular weight is 232 g/mol. The van der Waals surface area contributed by atoms with Crippen molar-refractivity contribution in [1.82, 2.24) is 19.7 Å². The van der Waals surface area contributed by atoms with Crippen LogP contribution < -0.4 is 5.32 Å². The fraction of sp³-hybridized carbons (Fsp3) is 0.462. The van der Waals surface area contributed by atoms with Gasteiger partial charge in [-0.1, -0.05) is 6.92 Å². The fourth-order valence-corrected chi connectivity index (χ4v) is 1.86. The van der Waals surface area contributed by atoms with E-state index in [0.717, 1.165) is 26.1 Å². The highest BCUT2D eigenvalue weighted by atomic mass is 15.3. The molecule has 0 radical (unpaired) electrons. The SMILES string of the molecule is CCCn1cc(CNCc2cccn2C)cn1. The summed E-state index contributed by atoms with van der Waals surface area (Å²) in [6.07, 6.45) is 7.24. The Morgan fingerprint density at radius 1 is 1.35 bits per heavy atom. The molecule has 2 rings (SSSR count). The summed E-state index contributed by atoms with van der Waals surface area (Å²) in [5.41, 5.74) is 2.54. The summed E-state index contributed by atoms with van der Waals surface area (Å²) in [7, 11) is 2.07. The molecule has 0 fully saturated rings. The Morgan fingerprint density at radius 2 is 2.24 bits per heavy atom. The van der Waals surface area contributed by atoms with Gasteiger partial charge in [-0.25, -0.2) is 0 Å². The van der Waals surface area contributed by atoms with Crippen LogP contribution in [0.5, 0.6) is 0 Å². The van der Waals surface area contributed by atoms with E-state index in [4.69, 9.17) is 0 Å². The second-order valence-corrected chi connectivity index (χ2v) is 4.33. The molecule has 0 unspecified atom stereocenters. The first kappa shape index (κ1) is 11.9. The van der Waals surface area contributed by atoms with Crippen molar-refractivity contribution in [3.63, 3.8) is 0 Å². The van der Waals surface area contributed by atoms with Gasteiger partial charge in [0.25, 0.3) is 0 Å². The van der Waals surface area contributed by atoms with Crippen LogP contribution in [-0.2, 0) is 26.7 Å². The molecule has 0 aliphatic heterocycles. The van der Waals surface area contributed by atoms with Crippen LogP contribution in [-0.4, -0.2) is 14.3 Å². The van der Waals surface area contributed by atoms with E-state index in [1.54, 1.807) is 0 Å². The quantitative estimate of drug-likeness (QED) is 0.825. The maximum Gasteiger partial charge on any atom is 0.0534 e. The molecule has 0 amide bonds. The van der Waals surface area contributed by atoms with E-state index in [0.29, 0.717) is 0 Å². The average Bonchev–Trinajstić information content (AvgIpc) is 2.90. The summed E-state index contributed by atoms with van der Waals surface area (Å²) in [4.78, 5) is 0. The van der Waals surface area contributed by atoms with Crippen molar-refractivity contribution in [3.8, 4) is 0 Å². The Bertz CT molecular complexity index is 455. The lowest BCUT2D eigenvalue weighted by Gasteiger charge is -2.04. The van der Waals surface area contributed by atoms with Crippen molar-refractivity contribution in [2.75, 3.05) is 0 Å². The molecule has 17 heavy (non-hydrogen) atoms. The predicted octanol–water partition coefficient (Wildman–Crippen LogP) is 1.92. The van der Waals surface area contributed by atoms with Crippen LogP contribution in [0.2, 0.25) is 0 Å². The molecule has 0 saturated heterocycles. The second kappa shape index (κ2) is 5.68. The Hall–Kier alpha value is -1.55. The first-order valence-electron chi connectivity index (χ1n) is 6.12. The van der Waals surface area contributed by atoms with Crippen molar-refractivity contribution < 1.29 is 0 Å². The highest BCUT2D eigenvalue weighted by Gasteiger charge is 1.99. The molecule has 0 aliphatic carbocycles. The molecule has 2 heterocycles. The Kier molecular flexibility index (Phi) is 3.98. The number of nitrogens with zero attached hydrogens (tertiary/aromatic N) is 3. The lowest BCUT2D eigenvalue weighted by atomic mass is 10.3. The van der Waals surface area contributed by atoms with Crippen LogP contribution in [0.1, 0.15) is 24.6 Å². The smallest absolute Gasteiger partial charge is 0.0534 e. The van der Waals surface area contributed by atoms with Gasteiger partial charge >= 0.3 is 0 Å². The Balaban J connectivity index is 1.80. The van der Waals surface area contributed by atoms with Gasteiger partial charge in [0.05, 0.1) is 6.20 Å². The maximum absolute atomic E-state index is 4.31. The van der Waals surface area contributed by atoms with E-state index in [2.05, 4.69) is 53.5 Å².